The molecule has 1 fully saturated rings. The minimum atomic E-state index is -0.673. The molecule has 39 heavy (non-hydrogen) atoms. The van der Waals surface area contributed by atoms with Crippen molar-refractivity contribution in [3.05, 3.63) is 66.0 Å². The SMILES string of the molecule is Cc1nc2ccc(NC(=O)CN3CCCC4(CC=CCOc5ccccc5C(=O)NCCNC4=O)C3)cc2[nH]1. The second-order valence-corrected chi connectivity index (χ2v) is 10.2. The maximum atomic E-state index is 13.5. The van der Waals surface area contributed by atoms with Gasteiger partial charge in [0.05, 0.1) is 28.6 Å². The number of rotatable bonds is 3. The normalized spacial score (nSPS) is 20.9. The summed E-state index contributed by atoms with van der Waals surface area (Å²) < 4.78 is 5.85. The number of amides is 3. The standard InChI is InChI=1S/C29H34N6O4/c1-20-32-23-10-9-21(17-24(23)33-20)34-26(36)18-35-15-6-12-29(19-35)11-4-5-16-39-25-8-3-2-7-22(25)27(37)30-13-14-31-28(29)38/h2-5,7-10,17H,6,11-16,18-19H2,1H3,(H,30,37)(H,31,38)(H,32,33)(H,34,36). The quantitative estimate of drug-likeness (QED) is 0.386. The summed E-state index contributed by atoms with van der Waals surface area (Å²) in [5, 5.41) is 8.85. The number of nitrogens with zero attached hydrogens (tertiary/aromatic N) is 2. The van der Waals surface area contributed by atoms with Gasteiger partial charge in [-0.3, -0.25) is 19.3 Å². The molecule has 0 radical (unpaired) electrons. The molecule has 3 heterocycles. The number of benzene rings is 2. The average molecular weight is 531 g/mol. The van der Waals surface area contributed by atoms with Gasteiger partial charge in [-0.2, -0.15) is 0 Å². The van der Waals surface area contributed by atoms with Gasteiger partial charge in [-0.05, 0) is 63.1 Å². The molecule has 4 N–H and O–H groups in total. The van der Waals surface area contributed by atoms with Crippen LogP contribution in [0.2, 0.25) is 0 Å². The van der Waals surface area contributed by atoms with E-state index in [9.17, 15) is 14.4 Å². The number of imidazole rings is 1. The first-order valence-electron chi connectivity index (χ1n) is 13.3. The number of aromatic nitrogens is 2. The van der Waals surface area contributed by atoms with Crippen LogP contribution in [0, 0.1) is 12.3 Å². The third kappa shape index (κ3) is 6.28. The van der Waals surface area contributed by atoms with Crippen molar-refractivity contribution >= 4 is 34.4 Å². The van der Waals surface area contributed by atoms with Crippen molar-refractivity contribution in [2.24, 2.45) is 5.41 Å². The van der Waals surface area contributed by atoms with Crippen LogP contribution in [0.5, 0.6) is 5.75 Å². The molecule has 10 nitrogen and oxygen atoms in total. The highest BCUT2D eigenvalue weighted by Gasteiger charge is 2.41. The molecule has 2 aromatic carbocycles. The van der Waals surface area contributed by atoms with E-state index in [1.54, 1.807) is 18.2 Å². The number of hydrogen-bond acceptors (Lipinski definition) is 6. The van der Waals surface area contributed by atoms with E-state index in [1.165, 1.54) is 0 Å². The van der Waals surface area contributed by atoms with E-state index in [4.69, 9.17) is 4.74 Å². The summed E-state index contributed by atoms with van der Waals surface area (Å²) in [4.78, 5) is 48.6. The van der Waals surface area contributed by atoms with Gasteiger partial charge in [0.2, 0.25) is 11.8 Å². The van der Waals surface area contributed by atoms with Crippen molar-refractivity contribution < 1.29 is 19.1 Å². The highest BCUT2D eigenvalue weighted by molar-refractivity contribution is 5.97. The number of anilines is 1. The minimum Gasteiger partial charge on any atom is -0.489 e. The molecule has 1 unspecified atom stereocenters. The molecule has 0 bridgehead atoms. The van der Waals surface area contributed by atoms with Crippen molar-refractivity contribution in [2.75, 3.05) is 44.6 Å². The van der Waals surface area contributed by atoms with Crippen molar-refractivity contribution in [3.63, 3.8) is 0 Å². The monoisotopic (exact) mass is 530 g/mol. The van der Waals surface area contributed by atoms with E-state index in [0.29, 0.717) is 49.5 Å². The van der Waals surface area contributed by atoms with Crippen LogP contribution in [0.15, 0.2) is 54.6 Å². The molecule has 0 aliphatic carbocycles. The molecule has 0 saturated carbocycles. The van der Waals surface area contributed by atoms with E-state index in [1.807, 2.05) is 48.2 Å². The molecule has 3 amide bonds. The third-order valence-corrected chi connectivity index (χ3v) is 7.23. The summed E-state index contributed by atoms with van der Waals surface area (Å²) in [5.74, 6) is 0.903. The maximum absolute atomic E-state index is 13.5. The fraction of sp³-hybridized carbons (Fsp3) is 0.379. The van der Waals surface area contributed by atoms with Crippen LogP contribution in [-0.2, 0) is 9.59 Å². The zero-order valence-corrected chi connectivity index (χ0v) is 22.1. The van der Waals surface area contributed by atoms with Gasteiger partial charge in [-0.1, -0.05) is 24.3 Å². The Bertz CT molecular complexity index is 1400. The predicted octanol–water partition coefficient (Wildman–Crippen LogP) is 2.78. The van der Waals surface area contributed by atoms with Gasteiger partial charge in [0, 0.05) is 25.3 Å². The lowest BCUT2D eigenvalue weighted by Crippen LogP contribution is -2.53. The van der Waals surface area contributed by atoms with Crippen LogP contribution in [0.25, 0.3) is 11.0 Å². The summed E-state index contributed by atoms with van der Waals surface area (Å²) in [7, 11) is 0. The summed E-state index contributed by atoms with van der Waals surface area (Å²) >= 11 is 0. The van der Waals surface area contributed by atoms with Crippen molar-refractivity contribution in [3.8, 4) is 5.75 Å². The van der Waals surface area contributed by atoms with E-state index in [0.717, 1.165) is 29.8 Å². The number of allylic oxidation sites excluding steroid dienone is 1. The maximum Gasteiger partial charge on any atom is 0.255 e. The Balaban J connectivity index is 1.25. The molecule has 1 spiro atoms. The van der Waals surface area contributed by atoms with Crippen LogP contribution >= 0.6 is 0 Å². The molecule has 1 atom stereocenters. The second kappa shape index (κ2) is 11.7. The van der Waals surface area contributed by atoms with Crippen LogP contribution in [-0.4, -0.2) is 71.9 Å². The molecule has 1 aromatic heterocycles. The topological polar surface area (TPSA) is 128 Å². The number of aryl methyl sites for hydroxylation is 1. The Morgan fingerprint density at radius 1 is 1.13 bits per heavy atom. The lowest BCUT2D eigenvalue weighted by Gasteiger charge is -2.41. The Kier molecular flexibility index (Phi) is 7.92. The zero-order valence-electron chi connectivity index (χ0n) is 22.1. The van der Waals surface area contributed by atoms with Gasteiger partial charge in [0.15, 0.2) is 0 Å². The third-order valence-electron chi connectivity index (χ3n) is 7.23. The lowest BCUT2D eigenvalue weighted by molar-refractivity contribution is -0.135. The molecule has 1 saturated heterocycles. The number of H-pyrrole nitrogens is 1. The largest absolute Gasteiger partial charge is 0.489 e. The fourth-order valence-corrected chi connectivity index (χ4v) is 5.36. The number of aromatic amines is 1. The number of hydrogen-bond donors (Lipinski definition) is 4. The van der Waals surface area contributed by atoms with Crippen molar-refractivity contribution in [1.29, 1.82) is 0 Å². The van der Waals surface area contributed by atoms with E-state index in [2.05, 4.69) is 25.9 Å². The number of para-hydroxylation sites is 1. The lowest BCUT2D eigenvalue weighted by atomic mass is 9.76. The fourth-order valence-electron chi connectivity index (χ4n) is 5.36. The van der Waals surface area contributed by atoms with Crippen molar-refractivity contribution in [2.45, 2.75) is 26.2 Å². The number of piperidine rings is 1. The molecule has 5 rings (SSSR count). The zero-order chi connectivity index (χ0) is 27.2. The summed E-state index contributed by atoms with van der Waals surface area (Å²) in [6.45, 7) is 4.19. The predicted molar refractivity (Wildman–Crippen MR) is 149 cm³/mol. The van der Waals surface area contributed by atoms with Crippen LogP contribution in [0.3, 0.4) is 0 Å². The van der Waals surface area contributed by atoms with Gasteiger partial charge in [-0.15, -0.1) is 0 Å². The van der Waals surface area contributed by atoms with E-state index >= 15 is 0 Å². The Morgan fingerprint density at radius 3 is 2.87 bits per heavy atom. The summed E-state index contributed by atoms with van der Waals surface area (Å²) in [6.07, 6.45) is 5.90. The number of carbonyl (C=O) groups excluding carboxylic acids is 3. The smallest absolute Gasteiger partial charge is 0.255 e. The molecule has 2 aliphatic rings. The van der Waals surface area contributed by atoms with Gasteiger partial charge in [0.1, 0.15) is 18.2 Å². The number of carbonyl (C=O) groups is 3. The highest BCUT2D eigenvalue weighted by Crippen LogP contribution is 2.34. The number of fused-ring (bicyclic) bond motifs is 2. The molecule has 2 aliphatic heterocycles. The first kappa shape index (κ1) is 26.4. The van der Waals surface area contributed by atoms with Crippen LogP contribution in [0.1, 0.15) is 35.4 Å². The Hall–Kier alpha value is -4.18. The van der Waals surface area contributed by atoms with Gasteiger partial charge in [-0.25, -0.2) is 4.98 Å². The van der Waals surface area contributed by atoms with Gasteiger partial charge < -0.3 is 25.7 Å². The minimum absolute atomic E-state index is 0.0649. The van der Waals surface area contributed by atoms with Crippen LogP contribution in [0.4, 0.5) is 5.69 Å². The molecule has 10 heteroatoms. The first-order valence-corrected chi connectivity index (χ1v) is 13.3. The first-order chi connectivity index (χ1) is 18.9. The number of ether oxygens (including phenoxy) is 1. The number of likely N-dealkylation sites (tertiary alicyclic amines) is 1. The molecular formula is C29H34N6O4. The molecular weight excluding hydrogens is 496 g/mol. The Labute approximate surface area is 227 Å². The van der Waals surface area contributed by atoms with Crippen molar-refractivity contribution in [1.82, 2.24) is 25.5 Å². The summed E-state index contributed by atoms with van der Waals surface area (Å²) in [6, 6.07) is 12.7. The van der Waals surface area contributed by atoms with Crippen LogP contribution < -0.4 is 20.7 Å². The van der Waals surface area contributed by atoms with Gasteiger partial charge in [0.25, 0.3) is 5.91 Å². The average Bonchev–Trinajstić information content (AvgIpc) is 3.29. The Morgan fingerprint density at radius 2 is 1.97 bits per heavy atom. The molecule has 204 valence electrons. The van der Waals surface area contributed by atoms with E-state index < -0.39 is 5.41 Å². The van der Waals surface area contributed by atoms with E-state index in [-0.39, 0.29) is 30.9 Å². The highest BCUT2D eigenvalue weighted by atomic mass is 16.5. The molecule has 3 aromatic rings. The van der Waals surface area contributed by atoms with Gasteiger partial charge >= 0.3 is 0 Å². The number of nitrogens with one attached hydrogen (secondary N) is 4. The second-order valence-electron chi connectivity index (χ2n) is 10.2. The summed E-state index contributed by atoms with van der Waals surface area (Å²) in [5.41, 5.74) is 2.21.